The lowest BCUT2D eigenvalue weighted by atomic mass is 10.2. The third-order valence-corrected chi connectivity index (χ3v) is 5.37. The first-order valence-corrected chi connectivity index (χ1v) is 11.5. The fraction of sp³-hybridized carbons (Fsp3) is 0.261. The van der Waals surface area contributed by atoms with Gasteiger partial charge in [-0.05, 0) is 49.7 Å². The maximum Gasteiger partial charge on any atom is 0.311 e. The Morgan fingerprint density at radius 2 is 2.03 bits per heavy atom. The minimum Gasteiger partial charge on any atom is -0.490 e. The molecule has 0 spiro atoms. The van der Waals surface area contributed by atoms with Crippen LogP contribution in [0, 0.1) is 5.82 Å². The van der Waals surface area contributed by atoms with Gasteiger partial charge in [0.2, 0.25) is 5.13 Å². The molecule has 0 radical (unpaired) electrons. The molecule has 0 atom stereocenters. The van der Waals surface area contributed by atoms with Gasteiger partial charge in [-0.3, -0.25) is 10.2 Å². The number of carbonyl (C=O) groups excluding carboxylic acids is 1. The van der Waals surface area contributed by atoms with Crippen molar-refractivity contribution in [3.05, 3.63) is 69.4 Å². The largest absolute Gasteiger partial charge is 0.490 e. The minimum atomic E-state index is -0.399. The molecule has 0 amide bonds. The van der Waals surface area contributed by atoms with Gasteiger partial charge in [-0.2, -0.15) is 5.10 Å². The molecule has 1 heterocycles. The zero-order valence-electron chi connectivity index (χ0n) is 18.1. The van der Waals surface area contributed by atoms with Crippen molar-refractivity contribution in [2.45, 2.75) is 26.9 Å². The number of esters is 1. The average molecular weight is 492 g/mol. The highest BCUT2D eigenvalue weighted by atomic mass is 35.5. The summed E-state index contributed by atoms with van der Waals surface area (Å²) < 4.78 is 29.7. The van der Waals surface area contributed by atoms with Gasteiger partial charge in [0, 0.05) is 10.9 Å². The number of nitrogens with zero attached hydrogens (tertiary/aromatic N) is 2. The number of rotatable bonds is 11. The van der Waals surface area contributed by atoms with E-state index in [0.717, 1.165) is 5.56 Å². The molecule has 0 saturated carbocycles. The van der Waals surface area contributed by atoms with Crippen LogP contribution >= 0.6 is 22.9 Å². The maximum absolute atomic E-state index is 13.2. The first-order chi connectivity index (χ1) is 16.0. The molecule has 0 bridgehead atoms. The molecule has 0 aliphatic carbocycles. The van der Waals surface area contributed by atoms with Crippen LogP contribution in [0.25, 0.3) is 0 Å². The maximum atomic E-state index is 13.2. The summed E-state index contributed by atoms with van der Waals surface area (Å²) in [6.45, 7) is 4.60. The Morgan fingerprint density at radius 1 is 1.18 bits per heavy atom. The molecular formula is C23H23ClFN3O4S. The normalized spacial score (nSPS) is 10.9. The monoisotopic (exact) mass is 491 g/mol. The summed E-state index contributed by atoms with van der Waals surface area (Å²) in [7, 11) is 0. The van der Waals surface area contributed by atoms with E-state index in [9.17, 15) is 9.18 Å². The minimum absolute atomic E-state index is 0.123. The Balaban J connectivity index is 1.62. The SMILES string of the molecule is CCOC(=O)Cc1csc(NN=Cc2ccc(OCc3ccc(F)cc3Cl)c(OCC)c2)n1. The van der Waals surface area contributed by atoms with Crippen molar-refractivity contribution in [3.8, 4) is 11.5 Å². The first kappa shape index (κ1) is 24.5. The van der Waals surface area contributed by atoms with Crippen LogP contribution in [0.2, 0.25) is 5.02 Å². The summed E-state index contributed by atoms with van der Waals surface area (Å²) in [4.78, 5) is 15.8. The Bertz CT molecular complexity index is 1120. The second-order valence-electron chi connectivity index (χ2n) is 6.66. The zero-order chi connectivity index (χ0) is 23.6. The third kappa shape index (κ3) is 7.44. The molecule has 3 rings (SSSR count). The Labute approximate surface area is 200 Å². The first-order valence-electron chi connectivity index (χ1n) is 10.2. The van der Waals surface area contributed by atoms with Gasteiger partial charge < -0.3 is 14.2 Å². The third-order valence-electron chi connectivity index (χ3n) is 4.22. The number of anilines is 1. The van der Waals surface area contributed by atoms with Gasteiger partial charge in [0.05, 0.1) is 36.6 Å². The number of hydrogen-bond donors (Lipinski definition) is 1. The smallest absolute Gasteiger partial charge is 0.311 e. The van der Waals surface area contributed by atoms with Crippen molar-refractivity contribution in [2.24, 2.45) is 5.10 Å². The van der Waals surface area contributed by atoms with Gasteiger partial charge in [0.1, 0.15) is 12.4 Å². The molecule has 174 valence electrons. The van der Waals surface area contributed by atoms with Gasteiger partial charge >= 0.3 is 5.97 Å². The number of aromatic nitrogens is 1. The van der Waals surface area contributed by atoms with Crippen LogP contribution in [0.1, 0.15) is 30.7 Å². The van der Waals surface area contributed by atoms with Crippen LogP contribution in [0.3, 0.4) is 0 Å². The number of halogens is 2. The van der Waals surface area contributed by atoms with Crippen molar-refractivity contribution in [1.82, 2.24) is 4.98 Å². The predicted molar refractivity (Wildman–Crippen MR) is 127 cm³/mol. The van der Waals surface area contributed by atoms with Crippen LogP contribution in [-0.2, 0) is 22.6 Å². The summed E-state index contributed by atoms with van der Waals surface area (Å²) in [5.74, 6) is 0.367. The highest BCUT2D eigenvalue weighted by molar-refractivity contribution is 7.13. The van der Waals surface area contributed by atoms with Crippen molar-refractivity contribution in [1.29, 1.82) is 0 Å². The highest BCUT2D eigenvalue weighted by Crippen LogP contribution is 2.30. The number of ether oxygens (including phenoxy) is 3. The van der Waals surface area contributed by atoms with E-state index in [4.69, 9.17) is 25.8 Å². The quantitative estimate of drug-likeness (QED) is 0.218. The van der Waals surface area contributed by atoms with E-state index in [1.54, 1.807) is 36.7 Å². The van der Waals surface area contributed by atoms with E-state index in [1.165, 1.54) is 23.5 Å². The predicted octanol–water partition coefficient (Wildman–Crippen LogP) is 5.46. The van der Waals surface area contributed by atoms with Gasteiger partial charge in [-0.15, -0.1) is 11.3 Å². The van der Waals surface area contributed by atoms with Crippen molar-refractivity contribution >= 4 is 40.3 Å². The van der Waals surface area contributed by atoms with E-state index >= 15 is 0 Å². The Morgan fingerprint density at radius 3 is 2.79 bits per heavy atom. The molecule has 0 aliphatic rings. The lowest BCUT2D eigenvalue weighted by Gasteiger charge is -2.13. The lowest BCUT2D eigenvalue weighted by molar-refractivity contribution is -0.142. The van der Waals surface area contributed by atoms with E-state index in [-0.39, 0.29) is 19.0 Å². The molecule has 1 N–H and O–H groups in total. The molecular weight excluding hydrogens is 469 g/mol. The molecule has 0 aliphatic heterocycles. The molecule has 0 fully saturated rings. The van der Waals surface area contributed by atoms with E-state index < -0.39 is 5.82 Å². The van der Waals surface area contributed by atoms with Crippen LogP contribution in [0.4, 0.5) is 9.52 Å². The topological polar surface area (TPSA) is 82.0 Å². The second-order valence-corrected chi connectivity index (χ2v) is 7.92. The van der Waals surface area contributed by atoms with Crippen molar-refractivity contribution < 1.29 is 23.4 Å². The summed E-state index contributed by atoms with van der Waals surface area (Å²) >= 11 is 7.41. The number of benzene rings is 2. The molecule has 1 aromatic heterocycles. The summed E-state index contributed by atoms with van der Waals surface area (Å²) in [5.41, 5.74) is 4.92. The summed E-state index contributed by atoms with van der Waals surface area (Å²) in [6, 6.07) is 9.56. The molecule has 2 aromatic carbocycles. The van der Waals surface area contributed by atoms with Gasteiger partial charge in [0.25, 0.3) is 0 Å². The van der Waals surface area contributed by atoms with Crippen LogP contribution in [0.5, 0.6) is 11.5 Å². The van der Waals surface area contributed by atoms with E-state index in [0.29, 0.717) is 46.1 Å². The van der Waals surface area contributed by atoms with Crippen LogP contribution in [0.15, 0.2) is 46.9 Å². The highest BCUT2D eigenvalue weighted by Gasteiger charge is 2.10. The fourth-order valence-electron chi connectivity index (χ4n) is 2.75. The molecule has 0 saturated heterocycles. The number of hydrogen-bond acceptors (Lipinski definition) is 8. The number of nitrogens with one attached hydrogen (secondary N) is 1. The van der Waals surface area contributed by atoms with Crippen LogP contribution in [-0.4, -0.2) is 30.4 Å². The van der Waals surface area contributed by atoms with E-state index in [2.05, 4.69) is 15.5 Å². The van der Waals surface area contributed by atoms with Gasteiger partial charge in [-0.25, -0.2) is 9.37 Å². The number of thiazole rings is 1. The lowest BCUT2D eigenvalue weighted by Crippen LogP contribution is -2.07. The molecule has 3 aromatic rings. The molecule has 0 unspecified atom stereocenters. The average Bonchev–Trinajstić information content (AvgIpc) is 3.21. The van der Waals surface area contributed by atoms with E-state index in [1.807, 2.05) is 13.0 Å². The standard InChI is InChI=1S/C23H23ClFN3O4S/c1-3-30-21-9-15(5-8-20(21)32-13-16-6-7-17(25)10-19(16)24)12-26-28-23-27-18(14-33-23)11-22(29)31-4-2/h5-10,12,14H,3-4,11,13H2,1-2H3,(H,27,28). The Kier molecular flexibility index (Phi) is 9.03. The molecule has 33 heavy (non-hydrogen) atoms. The van der Waals surface area contributed by atoms with Crippen molar-refractivity contribution in [2.75, 3.05) is 18.6 Å². The number of hydrazone groups is 1. The summed E-state index contributed by atoms with van der Waals surface area (Å²) in [6.07, 6.45) is 1.74. The second kappa shape index (κ2) is 12.2. The van der Waals surface area contributed by atoms with Gasteiger partial charge in [0.15, 0.2) is 11.5 Å². The Hall–Kier alpha value is -3.17. The van der Waals surface area contributed by atoms with Gasteiger partial charge in [-0.1, -0.05) is 17.7 Å². The summed E-state index contributed by atoms with van der Waals surface area (Å²) in [5, 5.41) is 6.83. The molecule has 10 heteroatoms. The number of carbonyl (C=O) groups is 1. The zero-order valence-corrected chi connectivity index (χ0v) is 19.7. The van der Waals surface area contributed by atoms with Crippen LogP contribution < -0.4 is 14.9 Å². The fourth-order valence-corrected chi connectivity index (χ4v) is 3.63. The molecule has 7 nitrogen and oxygen atoms in total. The van der Waals surface area contributed by atoms with Crippen molar-refractivity contribution in [3.63, 3.8) is 0 Å².